The summed E-state index contributed by atoms with van der Waals surface area (Å²) in [4.78, 5) is 13.7. The van der Waals surface area contributed by atoms with Crippen LogP contribution in [0.3, 0.4) is 0 Å². The number of hydrogen-bond acceptors (Lipinski definition) is 3. The van der Waals surface area contributed by atoms with E-state index in [1.807, 2.05) is 72.1 Å². The number of ether oxygens (including phenoxy) is 1. The van der Waals surface area contributed by atoms with Crippen LogP contribution in [0.25, 0.3) is 0 Å². The molecule has 1 unspecified atom stereocenters. The van der Waals surface area contributed by atoms with Crippen LogP contribution in [0, 0.1) is 0 Å². The van der Waals surface area contributed by atoms with Gasteiger partial charge < -0.3 is 44.9 Å². The maximum absolute atomic E-state index is 12.4. The Balaban J connectivity index is 0.00000480. The first kappa shape index (κ1) is 29.9. The Morgan fingerprint density at radius 3 is 2.25 bits per heavy atom. The summed E-state index contributed by atoms with van der Waals surface area (Å²) in [7, 11) is 0. The highest BCUT2D eigenvalue weighted by molar-refractivity contribution is 5.96. The molecule has 5 nitrogen and oxygen atoms in total. The minimum atomic E-state index is -0.520. The zero-order valence-corrected chi connectivity index (χ0v) is 19.9. The minimum absolute atomic E-state index is 0. The van der Waals surface area contributed by atoms with Crippen molar-refractivity contribution in [1.82, 2.24) is 0 Å². The van der Waals surface area contributed by atoms with E-state index in [0.717, 1.165) is 30.9 Å². The van der Waals surface area contributed by atoms with Gasteiger partial charge in [0.15, 0.2) is 5.78 Å². The van der Waals surface area contributed by atoms with Crippen LogP contribution in [-0.2, 0) is 0 Å². The fourth-order valence-electron chi connectivity index (χ4n) is 3.21. The zero-order valence-electron chi connectivity index (χ0n) is 18.4. The van der Waals surface area contributed by atoms with Crippen molar-refractivity contribution >= 4 is 5.78 Å². The van der Waals surface area contributed by atoms with E-state index >= 15 is 0 Å². The molecular formula is C25H34Cl2N2O3. The molecule has 2 aromatic carbocycles. The SMILES string of the molecule is C=CC[NH+](CC=C)CCOc1ccc(C(=O)CC[NH2+]CC(O)c2ccccc2)cc1.[Cl-].[Cl-]. The smallest absolute Gasteiger partial charge is 0.168 e. The molecule has 1 atom stereocenters. The largest absolute Gasteiger partial charge is 1.00 e. The highest BCUT2D eigenvalue weighted by Gasteiger charge is 2.11. The van der Waals surface area contributed by atoms with Gasteiger partial charge in [0.1, 0.15) is 31.5 Å². The summed E-state index contributed by atoms with van der Waals surface area (Å²) in [6.45, 7) is 12.0. The van der Waals surface area contributed by atoms with Crippen LogP contribution in [0.1, 0.15) is 28.4 Å². The van der Waals surface area contributed by atoms with E-state index in [0.29, 0.717) is 31.7 Å². The molecule has 0 amide bonds. The van der Waals surface area contributed by atoms with Gasteiger partial charge in [-0.15, -0.1) is 0 Å². The molecule has 0 saturated heterocycles. The van der Waals surface area contributed by atoms with Crippen molar-refractivity contribution in [3.05, 3.63) is 91.0 Å². The second-order valence-corrected chi connectivity index (χ2v) is 7.27. The van der Waals surface area contributed by atoms with Gasteiger partial charge in [-0.3, -0.25) is 4.79 Å². The number of aliphatic hydroxyl groups is 1. The number of quaternary nitrogens is 2. The number of nitrogens with two attached hydrogens (primary N) is 1. The fourth-order valence-corrected chi connectivity index (χ4v) is 3.21. The molecule has 0 radical (unpaired) electrons. The molecule has 0 heterocycles. The number of nitrogens with one attached hydrogen (secondary N) is 1. The number of Topliss-reactive ketones (excluding diaryl/α,β-unsaturated/α-hetero) is 1. The average Bonchev–Trinajstić information content (AvgIpc) is 2.78. The maximum atomic E-state index is 12.4. The van der Waals surface area contributed by atoms with Gasteiger partial charge in [0.25, 0.3) is 0 Å². The zero-order chi connectivity index (χ0) is 21.6. The van der Waals surface area contributed by atoms with E-state index in [-0.39, 0.29) is 30.6 Å². The number of aliphatic hydroxyl groups excluding tert-OH is 1. The highest BCUT2D eigenvalue weighted by atomic mass is 35.5. The van der Waals surface area contributed by atoms with Gasteiger partial charge in [-0.05, 0) is 42.0 Å². The van der Waals surface area contributed by atoms with E-state index in [4.69, 9.17) is 4.74 Å². The normalized spacial score (nSPS) is 11.1. The van der Waals surface area contributed by atoms with E-state index in [2.05, 4.69) is 13.2 Å². The Labute approximate surface area is 204 Å². The molecule has 0 aliphatic carbocycles. The van der Waals surface area contributed by atoms with Crippen molar-refractivity contribution in [2.45, 2.75) is 12.5 Å². The third kappa shape index (κ3) is 10.9. The molecule has 32 heavy (non-hydrogen) atoms. The van der Waals surface area contributed by atoms with E-state index in [1.165, 1.54) is 4.90 Å². The second kappa shape index (κ2) is 17.4. The number of rotatable bonds is 15. The van der Waals surface area contributed by atoms with Crippen molar-refractivity contribution in [3.63, 3.8) is 0 Å². The van der Waals surface area contributed by atoms with Crippen LogP contribution < -0.4 is 39.8 Å². The van der Waals surface area contributed by atoms with Gasteiger partial charge in [0, 0.05) is 5.56 Å². The molecule has 2 rings (SSSR count). The second-order valence-electron chi connectivity index (χ2n) is 7.27. The predicted octanol–water partition coefficient (Wildman–Crippen LogP) is -4.80. The summed E-state index contributed by atoms with van der Waals surface area (Å²) in [5, 5.41) is 12.1. The van der Waals surface area contributed by atoms with Gasteiger partial charge in [-0.2, -0.15) is 0 Å². The molecule has 7 heteroatoms. The summed E-state index contributed by atoms with van der Waals surface area (Å²) in [6, 6.07) is 16.9. The van der Waals surface area contributed by atoms with E-state index < -0.39 is 6.10 Å². The van der Waals surface area contributed by atoms with Gasteiger partial charge in [-0.25, -0.2) is 0 Å². The molecular weight excluding hydrogens is 447 g/mol. The van der Waals surface area contributed by atoms with Crippen LogP contribution in [0.15, 0.2) is 79.9 Å². The summed E-state index contributed by atoms with van der Waals surface area (Å²) >= 11 is 0. The lowest BCUT2D eigenvalue weighted by molar-refractivity contribution is -0.888. The van der Waals surface area contributed by atoms with E-state index in [9.17, 15) is 9.90 Å². The van der Waals surface area contributed by atoms with Gasteiger partial charge in [-0.1, -0.05) is 43.5 Å². The molecule has 0 fully saturated rings. The number of benzene rings is 2. The Bertz CT molecular complexity index is 776. The number of ketones is 1. The van der Waals surface area contributed by atoms with Crippen molar-refractivity contribution in [2.75, 3.05) is 39.3 Å². The summed E-state index contributed by atoms with van der Waals surface area (Å²) < 4.78 is 5.80. The molecule has 0 aliphatic heterocycles. The lowest BCUT2D eigenvalue weighted by Gasteiger charge is -2.16. The molecule has 0 aliphatic rings. The fraction of sp³-hybridized carbons (Fsp3) is 0.320. The molecule has 4 N–H and O–H groups in total. The van der Waals surface area contributed by atoms with Crippen molar-refractivity contribution in [2.24, 2.45) is 0 Å². The van der Waals surface area contributed by atoms with Crippen LogP contribution in [0.4, 0.5) is 0 Å². The lowest BCUT2D eigenvalue weighted by atomic mass is 10.1. The van der Waals surface area contributed by atoms with Gasteiger partial charge >= 0.3 is 0 Å². The first-order valence-electron chi connectivity index (χ1n) is 10.5. The van der Waals surface area contributed by atoms with Gasteiger partial charge in [0.05, 0.1) is 26.1 Å². The van der Waals surface area contributed by atoms with Crippen molar-refractivity contribution in [3.8, 4) is 5.75 Å². The molecule has 0 aromatic heterocycles. The van der Waals surface area contributed by atoms with Crippen LogP contribution >= 0.6 is 0 Å². The van der Waals surface area contributed by atoms with Crippen molar-refractivity contribution in [1.29, 1.82) is 0 Å². The summed E-state index contributed by atoms with van der Waals surface area (Å²) in [5.41, 5.74) is 1.58. The quantitative estimate of drug-likeness (QED) is 0.136. The monoisotopic (exact) mass is 480 g/mol. The Morgan fingerprint density at radius 1 is 1.03 bits per heavy atom. The lowest BCUT2D eigenvalue weighted by Crippen LogP contribution is -3.12. The molecule has 2 aromatic rings. The number of halogens is 2. The average molecular weight is 481 g/mol. The van der Waals surface area contributed by atoms with E-state index in [1.54, 1.807) is 0 Å². The van der Waals surface area contributed by atoms with Crippen LogP contribution in [0.2, 0.25) is 0 Å². The topological polar surface area (TPSA) is 67.6 Å². The number of carbonyl (C=O) groups excluding carboxylic acids is 1. The van der Waals surface area contributed by atoms with Crippen LogP contribution in [-0.4, -0.2) is 50.2 Å². The number of carbonyl (C=O) groups is 1. The molecule has 0 bridgehead atoms. The summed E-state index contributed by atoms with van der Waals surface area (Å²) in [6.07, 6.45) is 3.72. The summed E-state index contributed by atoms with van der Waals surface area (Å²) in [5.74, 6) is 0.861. The predicted molar refractivity (Wildman–Crippen MR) is 120 cm³/mol. The van der Waals surface area contributed by atoms with Gasteiger partial charge in [0.2, 0.25) is 0 Å². The highest BCUT2D eigenvalue weighted by Crippen LogP contribution is 2.13. The number of hydrogen-bond donors (Lipinski definition) is 3. The first-order valence-corrected chi connectivity index (χ1v) is 10.5. The molecule has 176 valence electrons. The van der Waals surface area contributed by atoms with Crippen LogP contribution in [0.5, 0.6) is 5.75 Å². The first-order chi connectivity index (χ1) is 14.6. The third-order valence-corrected chi connectivity index (χ3v) is 4.92. The third-order valence-electron chi connectivity index (χ3n) is 4.92. The Kier molecular flexibility index (Phi) is 16.2. The maximum Gasteiger partial charge on any atom is 0.168 e. The Hall–Kier alpha value is -2.15. The van der Waals surface area contributed by atoms with Crippen molar-refractivity contribution < 1.29 is 49.7 Å². The minimum Gasteiger partial charge on any atom is -1.00 e. The standard InChI is InChI=1S/C25H32N2O3.2ClH/c1-3-16-27(17-4-2)18-19-30-23-12-10-22(11-13-23)24(28)14-15-26-20-25(29)21-8-6-5-7-9-21;;/h3-13,25-26,29H,1-2,14-20H2;2*1H. The molecule has 0 saturated carbocycles. The Morgan fingerprint density at radius 2 is 1.66 bits per heavy atom. The molecule has 0 spiro atoms.